The van der Waals surface area contributed by atoms with E-state index in [1.54, 1.807) is 33.5 Å². The van der Waals surface area contributed by atoms with Crippen LogP contribution in [0.5, 0.6) is 17.2 Å². The van der Waals surface area contributed by atoms with Crippen LogP contribution in [0.1, 0.15) is 42.5 Å². The number of fused-ring (bicyclic) bond motifs is 1. The van der Waals surface area contributed by atoms with E-state index in [0.717, 1.165) is 13.0 Å². The zero-order valence-electron chi connectivity index (χ0n) is 16.3. The van der Waals surface area contributed by atoms with Crippen LogP contribution in [0.15, 0.2) is 12.1 Å². The standard InChI is InChI=1S/C21H29NO5/c1-24-15-9-8-14(19(25-2)20(15)26-3)21(23)22-17-13-10-11-27-18(13)16(17)12-6-4-5-7-12/h8-9,12-13,16-18H,4-7,10-11H2,1-3H3,(H,22,23)/t13-,16+,17+,18-/m0/s1. The molecule has 2 saturated carbocycles. The molecule has 1 amide bonds. The van der Waals surface area contributed by atoms with Crippen molar-refractivity contribution >= 4 is 5.91 Å². The van der Waals surface area contributed by atoms with Gasteiger partial charge in [0.1, 0.15) is 0 Å². The van der Waals surface area contributed by atoms with Crippen molar-refractivity contribution in [1.29, 1.82) is 0 Å². The number of benzene rings is 1. The van der Waals surface area contributed by atoms with Crippen molar-refractivity contribution in [2.75, 3.05) is 27.9 Å². The number of methoxy groups -OCH3 is 3. The minimum absolute atomic E-state index is 0.119. The highest BCUT2D eigenvalue weighted by atomic mass is 16.5. The number of hydrogen-bond acceptors (Lipinski definition) is 5. The zero-order chi connectivity index (χ0) is 19.0. The third-order valence-corrected chi connectivity index (χ3v) is 6.63. The van der Waals surface area contributed by atoms with Gasteiger partial charge in [-0.25, -0.2) is 0 Å². The Morgan fingerprint density at radius 3 is 2.44 bits per heavy atom. The number of carbonyl (C=O) groups excluding carboxylic acids is 1. The lowest BCUT2D eigenvalue weighted by Crippen LogP contribution is -2.63. The minimum atomic E-state index is -0.119. The van der Waals surface area contributed by atoms with E-state index in [1.165, 1.54) is 25.7 Å². The quantitative estimate of drug-likeness (QED) is 0.828. The Balaban J connectivity index is 1.56. The molecule has 0 bridgehead atoms. The van der Waals surface area contributed by atoms with Crippen LogP contribution in [0.25, 0.3) is 0 Å². The highest BCUT2D eigenvalue weighted by molar-refractivity contribution is 5.98. The summed E-state index contributed by atoms with van der Waals surface area (Å²) in [5.74, 6) is 2.82. The van der Waals surface area contributed by atoms with E-state index in [9.17, 15) is 4.79 Å². The van der Waals surface area contributed by atoms with Gasteiger partial charge in [-0.3, -0.25) is 4.79 Å². The second kappa shape index (κ2) is 7.58. The Labute approximate surface area is 160 Å². The summed E-state index contributed by atoms with van der Waals surface area (Å²) in [6.45, 7) is 0.810. The molecule has 6 nitrogen and oxygen atoms in total. The van der Waals surface area contributed by atoms with E-state index in [0.29, 0.717) is 46.7 Å². The molecule has 1 saturated heterocycles. The summed E-state index contributed by atoms with van der Waals surface area (Å²) in [5.41, 5.74) is 0.475. The molecule has 1 N–H and O–H groups in total. The van der Waals surface area contributed by atoms with Crippen LogP contribution in [-0.4, -0.2) is 46.0 Å². The summed E-state index contributed by atoms with van der Waals surface area (Å²) in [7, 11) is 4.65. The summed E-state index contributed by atoms with van der Waals surface area (Å²) in [5, 5.41) is 3.30. The molecule has 1 heterocycles. The molecule has 148 valence electrons. The highest BCUT2D eigenvalue weighted by Crippen LogP contribution is 2.51. The van der Waals surface area contributed by atoms with Gasteiger partial charge in [-0.15, -0.1) is 0 Å². The first kappa shape index (κ1) is 18.4. The average molecular weight is 375 g/mol. The molecular weight excluding hydrogens is 346 g/mol. The molecule has 2 aliphatic carbocycles. The Morgan fingerprint density at radius 2 is 1.78 bits per heavy atom. The topological polar surface area (TPSA) is 66.0 Å². The van der Waals surface area contributed by atoms with Gasteiger partial charge in [0.2, 0.25) is 5.75 Å². The maximum absolute atomic E-state index is 13.1. The van der Waals surface area contributed by atoms with Crippen molar-refractivity contribution in [3.8, 4) is 17.2 Å². The van der Waals surface area contributed by atoms with Crippen LogP contribution in [-0.2, 0) is 4.74 Å². The summed E-state index contributed by atoms with van der Waals surface area (Å²) >= 11 is 0. The average Bonchev–Trinajstić information content (AvgIpc) is 3.35. The first-order valence-corrected chi connectivity index (χ1v) is 9.91. The van der Waals surface area contributed by atoms with Crippen LogP contribution in [0.4, 0.5) is 0 Å². The van der Waals surface area contributed by atoms with Gasteiger partial charge >= 0.3 is 0 Å². The van der Waals surface area contributed by atoms with Crippen molar-refractivity contribution in [2.24, 2.45) is 17.8 Å². The Morgan fingerprint density at radius 1 is 1.04 bits per heavy atom. The maximum atomic E-state index is 13.1. The van der Waals surface area contributed by atoms with E-state index in [1.807, 2.05) is 0 Å². The molecule has 1 aliphatic heterocycles. The molecule has 0 radical (unpaired) electrons. The molecule has 0 spiro atoms. The third-order valence-electron chi connectivity index (χ3n) is 6.63. The molecule has 27 heavy (non-hydrogen) atoms. The van der Waals surface area contributed by atoms with Crippen molar-refractivity contribution in [3.63, 3.8) is 0 Å². The number of hydrogen-bond donors (Lipinski definition) is 1. The number of nitrogens with one attached hydrogen (secondary N) is 1. The molecule has 4 rings (SSSR count). The second-order valence-electron chi connectivity index (χ2n) is 7.79. The largest absolute Gasteiger partial charge is 0.493 e. The molecule has 6 heteroatoms. The smallest absolute Gasteiger partial charge is 0.255 e. The maximum Gasteiger partial charge on any atom is 0.255 e. The molecule has 3 aliphatic rings. The molecule has 0 unspecified atom stereocenters. The lowest BCUT2D eigenvalue weighted by molar-refractivity contribution is -0.0784. The zero-order valence-corrected chi connectivity index (χ0v) is 16.3. The minimum Gasteiger partial charge on any atom is -0.493 e. The lowest BCUT2D eigenvalue weighted by Gasteiger charge is -2.50. The monoisotopic (exact) mass is 375 g/mol. The summed E-state index contributed by atoms with van der Waals surface area (Å²) in [4.78, 5) is 13.1. The molecule has 3 fully saturated rings. The Hall–Kier alpha value is -1.95. The van der Waals surface area contributed by atoms with Gasteiger partial charge in [0, 0.05) is 24.5 Å². The van der Waals surface area contributed by atoms with E-state index in [4.69, 9.17) is 18.9 Å². The van der Waals surface area contributed by atoms with Crippen LogP contribution in [0, 0.1) is 17.8 Å². The third kappa shape index (κ3) is 3.04. The number of ether oxygens (including phenoxy) is 4. The van der Waals surface area contributed by atoms with E-state index in [-0.39, 0.29) is 11.9 Å². The Kier molecular flexibility index (Phi) is 5.17. The molecule has 1 aromatic rings. The predicted molar refractivity (Wildman–Crippen MR) is 101 cm³/mol. The summed E-state index contributed by atoms with van der Waals surface area (Å²) in [6, 6.07) is 3.67. The van der Waals surface area contributed by atoms with Gasteiger partial charge in [-0.05, 0) is 24.5 Å². The van der Waals surface area contributed by atoms with Gasteiger partial charge in [0.05, 0.1) is 33.0 Å². The molecule has 0 aromatic heterocycles. The van der Waals surface area contributed by atoms with Crippen molar-refractivity contribution in [1.82, 2.24) is 5.32 Å². The van der Waals surface area contributed by atoms with E-state index < -0.39 is 0 Å². The second-order valence-corrected chi connectivity index (χ2v) is 7.79. The fourth-order valence-corrected chi connectivity index (χ4v) is 5.37. The van der Waals surface area contributed by atoms with Crippen LogP contribution in [0.2, 0.25) is 0 Å². The molecular formula is C21H29NO5. The van der Waals surface area contributed by atoms with Gasteiger partial charge < -0.3 is 24.3 Å². The predicted octanol–water partition coefficient (Wildman–Crippen LogP) is 3.04. The van der Waals surface area contributed by atoms with Crippen molar-refractivity contribution in [3.05, 3.63) is 17.7 Å². The van der Waals surface area contributed by atoms with Gasteiger partial charge in [-0.1, -0.05) is 25.7 Å². The SMILES string of the molecule is COc1ccc(C(=O)N[C@@H]2[C@@H]3CCO[C@@H]3[C@@H]2C2CCCC2)c(OC)c1OC. The number of rotatable bonds is 6. The van der Waals surface area contributed by atoms with Crippen molar-refractivity contribution in [2.45, 2.75) is 44.2 Å². The van der Waals surface area contributed by atoms with Gasteiger partial charge in [0.15, 0.2) is 11.5 Å². The van der Waals surface area contributed by atoms with Gasteiger partial charge in [0.25, 0.3) is 5.91 Å². The van der Waals surface area contributed by atoms with Crippen LogP contribution < -0.4 is 19.5 Å². The summed E-state index contributed by atoms with van der Waals surface area (Å²) in [6.07, 6.45) is 6.45. The first-order valence-electron chi connectivity index (χ1n) is 9.91. The highest BCUT2D eigenvalue weighted by Gasteiger charge is 2.57. The summed E-state index contributed by atoms with van der Waals surface area (Å²) < 4.78 is 22.2. The normalized spacial score (nSPS) is 29.7. The van der Waals surface area contributed by atoms with Crippen molar-refractivity contribution < 1.29 is 23.7 Å². The fraction of sp³-hybridized carbons (Fsp3) is 0.667. The van der Waals surface area contributed by atoms with Gasteiger partial charge in [-0.2, -0.15) is 0 Å². The lowest BCUT2D eigenvalue weighted by atomic mass is 9.61. The number of amides is 1. The first-order chi connectivity index (χ1) is 13.2. The van der Waals surface area contributed by atoms with Crippen LogP contribution >= 0.6 is 0 Å². The Bertz CT molecular complexity index is 695. The molecule has 1 aromatic carbocycles. The fourth-order valence-electron chi connectivity index (χ4n) is 5.37. The van der Waals surface area contributed by atoms with Crippen LogP contribution in [0.3, 0.4) is 0 Å². The number of carbonyl (C=O) groups is 1. The molecule has 4 atom stereocenters. The van der Waals surface area contributed by atoms with E-state index in [2.05, 4.69) is 5.32 Å². The van der Waals surface area contributed by atoms with E-state index >= 15 is 0 Å².